The van der Waals surface area contributed by atoms with Crippen LogP contribution in [0.4, 0.5) is 0 Å². The zero-order valence-corrected chi connectivity index (χ0v) is 21.3. The number of guanidine groups is 1. The van der Waals surface area contributed by atoms with Crippen LogP contribution in [-0.2, 0) is 14.6 Å². The van der Waals surface area contributed by atoms with Crippen molar-refractivity contribution in [3.8, 4) is 0 Å². The van der Waals surface area contributed by atoms with Crippen LogP contribution in [0.25, 0.3) is 0 Å². The number of rotatable bonds is 8. The number of likely N-dealkylation sites (tertiary alicyclic amines) is 1. The van der Waals surface area contributed by atoms with Gasteiger partial charge in [0.2, 0.25) is 5.91 Å². The van der Waals surface area contributed by atoms with Gasteiger partial charge in [-0.2, -0.15) is 0 Å². The number of aliphatic imine (C=N–C) groups is 1. The Morgan fingerprint density at radius 1 is 1.33 bits per heavy atom. The Hall–Kier alpha value is -0.920. The standard InChI is InChI=1S/C19H31N5O3S2.HI/c1-20-19(21-8-6-18(25)23-15-7-12-29(26,27)14-15)22-13-16(17-5-4-11-28-17)24-9-2-3-10-24;/h4-5,11,15-16H,2-3,6-10,12-14H2,1H3,(H,23,25)(H2,20,21,22);1H. The van der Waals surface area contributed by atoms with Gasteiger partial charge in [0.1, 0.15) is 0 Å². The third-order valence-electron chi connectivity index (χ3n) is 5.38. The fourth-order valence-electron chi connectivity index (χ4n) is 3.86. The quantitative estimate of drug-likeness (QED) is 0.248. The molecule has 170 valence electrons. The van der Waals surface area contributed by atoms with Gasteiger partial charge in [0.15, 0.2) is 15.8 Å². The van der Waals surface area contributed by atoms with Gasteiger partial charge in [-0.25, -0.2) is 8.42 Å². The van der Waals surface area contributed by atoms with E-state index in [9.17, 15) is 13.2 Å². The third-order valence-corrected chi connectivity index (χ3v) is 8.12. The van der Waals surface area contributed by atoms with E-state index in [0.29, 0.717) is 25.0 Å². The van der Waals surface area contributed by atoms with E-state index in [0.717, 1.165) is 19.6 Å². The van der Waals surface area contributed by atoms with Crippen LogP contribution in [-0.4, -0.2) is 76.0 Å². The number of halogens is 1. The smallest absolute Gasteiger partial charge is 0.222 e. The van der Waals surface area contributed by atoms with Crippen molar-refractivity contribution in [2.75, 3.05) is 44.7 Å². The van der Waals surface area contributed by atoms with Gasteiger partial charge < -0.3 is 16.0 Å². The van der Waals surface area contributed by atoms with Crippen LogP contribution in [0.3, 0.4) is 0 Å². The highest BCUT2D eigenvalue weighted by Gasteiger charge is 2.28. The van der Waals surface area contributed by atoms with E-state index >= 15 is 0 Å². The maximum atomic E-state index is 12.1. The van der Waals surface area contributed by atoms with Gasteiger partial charge in [-0.15, -0.1) is 35.3 Å². The molecule has 2 unspecified atom stereocenters. The molecule has 2 aliphatic heterocycles. The molecule has 0 bridgehead atoms. The molecule has 2 saturated heterocycles. The molecule has 2 atom stereocenters. The zero-order chi connectivity index (χ0) is 20.7. The van der Waals surface area contributed by atoms with E-state index in [-0.39, 0.29) is 53.9 Å². The Balaban J connectivity index is 0.00000320. The summed E-state index contributed by atoms with van der Waals surface area (Å²) in [6, 6.07) is 4.34. The van der Waals surface area contributed by atoms with Crippen molar-refractivity contribution in [3.05, 3.63) is 22.4 Å². The Kier molecular flexibility index (Phi) is 10.3. The molecule has 0 saturated carbocycles. The maximum Gasteiger partial charge on any atom is 0.222 e. The van der Waals surface area contributed by atoms with Gasteiger partial charge in [-0.3, -0.25) is 14.7 Å². The monoisotopic (exact) mass is 569 g/mol. The normalized spacial score (nSPS) is 22.3. The maximum absolute atomic E-state index is 12.1. The van der Waals surface area contributed by atoms with E-state index in [1.807, 2.05) is 0 Å². The fourth-order valence-corrected chi connectivity index (χ4v) is 6.40. The second-order valence-corrected chi connectivity index (χ2v) is 10.8. The minimum absolute atomic E-state index is 0. The van der Waals surface area contributed by atoms with Crippen molar-refractivity contribution in [2.24, 2.45) is 4.99 Å². The first kappa shape index (κ1) is 25.3. The molecule has 0 aliphatic carbocycles. The van der Waals surface area contributed by atoms with Crippen LogP contribution in [0.15, 0.2) is 22.5 Å². The summed E-state index contributed by atoms with van der Waals surface area (Å²) in [7, 11) is -1.27. The molecule has 0 spiro atoms. The van der Waals surface area contributed by atoms with Crippen LogP contribution in [0.2, 0.25) is 0 Å². The van der Waals surface area contributed by atoms with Gasteiger partial charge in [0.05, 0.1) is 17.5 Å². The lowest BCUT2D eigenvalue weighted by Crippen LogP contribution is -2.44. The second kappa shape index (κ2) is 12.2. The topological polar surface area (TPSA) is 103 Å². The summed E-state index contributed by atoms with van der Waals surface area (Å²) in [4.78, 5) is 20.2. The predicted molar refractivity (Wildman–Crippen MR) is 132 cm³/mol. The molecular weight excluding hydrogens is 537 g/mol. The molecule has 0 aromatic carbocycles. The number of hydrogen-bond acceptors (Lipinski definition) is 6. The summed E-state index contributed by atoms with van der Waals surface area (Å²) in [5.74, 6) is 0.746. The third kappa shape index (κ3) is 7.65. The van der Waals surface area contributed by atoms with E-state index < -0.39 is 9.84 Å². The fraction of sp³-hybridized carbons (Fsp3) is 0.684. The van der Waals surface area contributed by atoms with Crippen LogP contribution in [0.5, 0.6) is 0 Å². The van der Waals surface area contributed by atoms with Crippen molar-refractivity contribution in [1.29, 1.82) is 0 Å². The number of carbonyl (C=O) groups excluding carboxylic acids is 1. The van der Waals surface area contributed by atoms with Crippen LogP contribution < -0.4 is 16.0 Å². The molecule has 1 amide bonds. The minimum Gasteiger partial charge on any atom is -0.356 e. The molecular formula is C19H32IN5O3S2. The number of hydrogen-bond donors (Lipinski definition) is 3. The summed E-state index contributed by atoms with van der Waals surface area (Å²) < 4.78 is 23.0. The Morgan fingerprint density at radius 3 is 2.70 bits per heavy atom. The molecule has 3 heterocycles. The summed E-state index contributed by atoms with van der Waals surface area (Å²) in [5.41, 5.74) is 0. The number of sulfone groups is 1. The Labute approximate surface area is 200 Å². The highest BCUT2D eigenvalue weighted by molar-refractivity contribution is 14.0. The number of carbonyl (C=O) groups is 1. The van der Waals surface area contributed by atoms with E-state index in [2.05, 4.69) is 43.4 Å². The molecule has 30 heavy (non-hydrogen) atoms. The lowest BCUT2D eigenvalue weighted by molar-refractivity contribution is -0.121. The van der Waals surface area contributed by atoms with Gasteiger partial charge in [0.25, 0.3) is 0 Å². The van der Waals surface area contributed by atoms with Crippen molar-refractivity contribution >= 4 is 57.0 Å². The summed E-state index contributed by atoms with van der Waals surface area (Å²) in [6.45, 7) is 3.44. The summed E-state index contributed by atoms with van der Waals surface area (Å²) in [6.07, 6.45) is 3.27. The SMILES string of the molecule is CN=C(NCCC(=O)NC1CCS(=O)(=O)C1)NCC(c1cccs1)N1CCCC1.I. The van der Waals surface area contributed by atoms with Gasteiger partial charge in [0, 0.05) is 37.5 Å². The van der Waals surface area contributed by atoms with Crippen molar-refractivity contribution in [3.63, 3.8) is 0 Å². The number of nitrogens with one attached hydrogen (secondary N) is 3. The molecule has 11 heteroatoms. The Bertz CT molecular complexity index is 795. The van der Waals surface area contributed by atoms with Crippen LogP contribution in [0.1, 0.15) is 36.6 Å². The summed E-state index contributed by atoms with van der Waals surface area (Å²) in [5, 5.41) is 11.5. The van der Waals surface area contributed by atoms with E-state index in [1.165, 1.54) is 17.7 Å². The largest absolute Gasteiger partial charge is 0.356 e. The lowest BCUT2D eigenvalue weighted by Gasteiger charge is -2.27. The van der Waals surface area contributed by atoms with Crippen molar-refractivity contribution in [2.45, 2.75) is 37.8 Å². The molecule has 2 fully saturated rings. The molecule has 8 nitrogen and oxygen atoms in total. The predicted octanol–water partition coefficient (Wildman–Crippen LogP) is 1.36. The Morgan fingerprint density at radius 2 is 2.10 bits per heavy atom. The van der Waals surface area contributed by atoms with Crippen molar-refractivity contribution < 1.29 is 13.2 Å². The van der Waals surface area contributed by atoms with Crippen molar-refractivity contribution in [1.82, 2.24) is 20.9 Å². The summed E-state index contributed by atoms with van der Waals surface area (Å²) >= 11 is 1.78. The molecule has 3 N–H and O–H groups in total. The highest BCUT2D eigenvalue weighted by Crippen LogP contribution is 2.27. The highest BCUT2D eigenvalue weighted by atomic mass is 127. The first-order valence-electron chi connectivity index (χ1n) is 10.2. The van der Waals surface area contributed by atoms with E-state index in [1.54, 1.807) is 18.4 Å². The second-order valence-electron chi connectivity index (χ2n) is 7.57. The molecule has 1 aromatic heterocycles. The molecule has 1 aromatic rings. The lowest BCUT2D eigenvalue weighted by atomic mass is 10.2. The van der Waals surface area contributed by atoms with Gasteiger partial charge >= 0.3 is 0 Å². The number of amides is 1. The molecule has 0 radical (unpaired) electrons. The molecule has 3 rings (SSSR count). The van der Waals surface area contributed by atoms with Gasteiger partial charge in [-0.1, -0.05) is 6.07 Å². The first-order valence-corrected chi connectivity index (χ1v) is 12.9. The number of thiophene rings is 1. The average molecular weight is 570 g/mol. The number of nitrogens with zero attached hydrogens (tertiary/aromatic N) is 2. The van der Waals surface area contributed by atoms with Gasteiger partial charge in [-0.05, 0) is 43.8 Å². The molecule has 2 aliphatic rings. The first-order chi connectivity index (χ1) is 14.0. The van der Waals surface area contributed by atoms with Crippen LogP contribution >= 0.6 is 35.3 Å². The average Bonchev–Trinajstić information content (AvgIpc) is 3.43. The van der Waals surface area contributed by atoms with E-state index in [4.69, 9.17) is 0 Å². The van der Waals surface area contributed by atoms with Crippen LogP contribution in [0, 0.1) is 0 Å². The zero-order valence-electron chi connectivity index (χ0n) is 17.3. The minimum atomic E-state index is -2.98.